The molecule has 152 valence electrons. The van der Waals surface area contributed by atoms with E-state index in [0.29, 0.717) is 25.7 Å². The van der Waals surface area contributed by atoms with Crippen molar-refractivity contribution in [3.05, 3.63) is 16.1 Å². The van der Waals surface area contributed by atoms with Crippen molar-refractivity contribution < 1.29 is 9.47 Å². The monoisotopic (exact) mass is 498 g/mol. The predicted octanol–water partition coefficient (Wildman–Crippen LogP) is 3.43. The second-order valence-corrected chi connectivity index (χ2v) is 6.98. The Labute approximate surface area is 179 Å². The molecule has 6 nitrogen and oxygen atoms in total. The molecule has 0 saturated heterocycles. The van der Waals surface area contributed by atoms with Gasteiger partial charge in [0.25, 0.3) is 0 Å². The molecule has 0 atom stereocenters. The van der Waals surface area contributed by atoms with Crippen molar-refractivity contribution in [2.24, 2.45) is 4.99 Å². The standard InChI is InChI=1S/C18H34N4O2S.HI/c1-5-6-10-23-12-13-24-11-9-21-18(19-4)20-8-7-16-14-25-17(22-16)15(2)3;/h14-15H,5-13H2,1-4H3,(H2,19,20,21);1H. The Kier molecular flexibility index (Phi) is 16.4. The first-order valence-electron chi connectivity index (χ1n) is 9.21. The number of thiazole rings is 1. The third kappa shape index (κ3) is 12.0. The topological polar surface area (TPSA) is 67.8 Å². The van der Waals surface area contributed by atoms with Crippen LogP contribution in [0.25, 0.3) is 0 Å². The Bertz CT molecular complexity index is 484. The van der Waals surface area contributed by atoms with E-state index in [4.69, 9.17) is 9.47 Å². The fourth-order valence-electron chi connectivity index (χ4n) is 2.04. The van der Waals surface area contributed by atoms with Gasteiger partial charge in [0.2, 0.25) is 0 Å². The van der Waals surface area contributed by atoms with E-state index in [1.165, 1.54) is 5.01 Å². The van der Waals surface area contributed by atoms with Crippen molar-refractivity contribution in [3.8, 4) is 0 Å². The lowest BCUT2D eigenvalue weighted by molar-refractivity contribution is 0.0487. The summed E-state index contributed by atoms with van der Waals surface area (Å²) >= 11 is 1.74. The summed E-state index contributed by atoms with van der Waals surface area (Å²) < 4.78 is 11.0. The number of nitrogens with one attached hydrogen (secondary N) is 2. The van der Waals surface area contributed by atoms with Crippen LogP contribution in [-0.4, -0.2) is 57.5 Å². The number of nitrogens with zero attached hydrogens (tertiary/aromatic N) is 2. The van der Waals surface area contributed by atoms with Crippen LogP contribution in [0.1, 0.15) is 50.2 Å². The Morgan fingerprint density at radius 3 is 2.46 bits per heavy atom. The fourth-order valence-corrected chi connectivity index (χ4v) is 2.91. The first-order valence-corrected chi connectivity index (χ1v) is 10.1. The van der Waals surface area contributed by atoms with Crippen LogP contribution in [0.4, 0.5) is 0 Å². The van der Waals surface area contributed by atoms with Gasteiger partial charge in [-0.25, -0.2) is 4.98 Å². The van der Waals surface area contributed by atoms with Crippen LogP contribution in [0.15, 0.2) is 10.4 Å². The number of halogens is 1. The summed E-state index contributed by atoms with van der Waals surface area (Å²) in [6, 6.07) is 0. The Balaban J connectivity index is 0.00000625. The molecule has 0 aliphatic heterocycles. The highest BCUT2D eigenvalue weighted by Crippen LogP contribution is 2.19. The molecule has 0 aliphatic rings. The van der Waals surface area contributed by atoms with Crippen LogP contribution in [0, 0.1) is 0 Å². The van der Waals surface area contributed by atoms with Gasteiger partial charge in [0.05, 0.1) is 30.5 Å². The third-order valence-corrected chi connectivity index (χ3v) is 4.71. The van der Waals surface area contributed by atoms with Gasteiger partial charge in [-0.1, -0.05) is 27.2 Å². The molecule has 0 bridgehead atoms. The Hall–Kier alpha value is -0.450. The number of hydrogen-bond acceptors (Lipinski definition) is 5. The number of guanidine groups is 1. The lowest BCUT2D eigenvalue weighted by Crippen LogP contribution is -2.39. The van der Waals surface area contributed by atoms with Crippen molar-refractivity contribution in [2.45, 2.75) is 46.0 Å². The Morgan fingerprint density at radius 1 is 1.15 bits per heavy atom. The second kappa shape index (κ2) is 16.7. The van der Waals surface area contributed by atoms with Crippen molar-refractivity contribution >= 4 is 41.3 Å². The smallest absolute Gasteiger partial charge is 0.191 e. The summed E-state index contributed by atoms with van der Waals surface area (Å²) in [6.07, 6.45) is 3.18. The maximum Gasteiger partial charge on any atom is 0.191 e. The summed E-state index contributed by atoms with van der Waals surface area (Å²) in [6.45, 7) is 10.8. The lowest BCUT2D eigenvalue weighted by Gasteiger charge is -2.11. The second-order valence-electron chi connectivity index (χ2n) is 6.09. The van der Waals surface area contributed by atoms with Crippen molar-refractivity contribution in [2.75, 3.05) is 46.6 Å². The molecular weight excluding hydrogens is 463 g/mol. The van der Waals surface area contributed by atoms with E-state index in [1.807, 2.05) is 0 Å². The molecule has 0 amide bonds. The van der Waals surface area contributed by atoms with E-state index in [1.54, 1.807) is 18.4 Å². The van der Waals surface area contributed by atoms with Crippen LogP contribution in [0.5, 0.6) is 0 Å². The normalized spacial score (nSPS) is 11.5. The molecule has 0 saturated carbocycles. The number of hydrogen-bond donors (Lipinski definition) is 2. The van der Waals surface area contributed by atoms with E-state index >= 15 is 0 Å². The lowest BCUT2D eigenvalue weighted by atomic mass is 10.2. The largest absolute Gasteiger partial charge is 0.379 e. The zero-order valence-electron chi connectivity index (χ0n) is 16.5. The summed E-state index contributed by atoms with van der Waals surface area (Å²) in [5.41, 5.74) is 1.14. The van der Waals surface area contributed by atoms with E-state index < -0.39 is 0 Å². The molecule has 8 heteroatoms. The minimum Gasteiger partial charge on any atom is -0.379 e. The number of ether oxygens (including phenoxy) is 2. The van der Waals surface area contributed by atoms with Crippen LogP contribution in [0.2, 0.25) is 0 Å². The van der Waals surface area contributed by atoms with Crippen LogP contribution < -0.4 is 10.6 Å². The number of aliphatic imine (C=N–C) groups is 1. The maximum absolute atomic E-state index is 5.53. The van der Waals surface area contributed by atoms with Gasteiger partial charge >= 0.3 is 0 Å². The van der Waals surface area contributed by atoms with Crippen molar-refractivity contribution in [1.82, 2.24) is 15.6 Å². The summed E-state index contributed by atoms with van der Waals surface area (Å²) in [4.78, 5) is 8.86. The number of aromatic nitrogens is 1. The molecule has 0 aliphatic carbocycles. The maximum atomic E-state index is 5.53. The first-order chi connectivity index (χ1) is 12.2. The van der Waals surface area contributed by atoms with Crippen molar-refractivity contribution in [3.63, 3.8) is 0 Å². The molecule has 1 rings (SSSR count). The van der Waals surface area contributed by atoms with Crippen molar-refractivity contribution in [1.29, 1.82) is 0 Å². The highest BCUT2D eigenvalue weighted by atomic mass is 127. The summed E-state index contributed by atoms with van der Waals surface area (Å²) in [5.74, 6) is 1.29. The quantitative estimate of drug-likeness (QED) is 0.189. The van der Waals surface area contributed by atoms with Crippen LogP contribution in [-0.2, 0) is 15.9 Å². The first kappa shape index (κ1) is 25.6. The average molecular weight is 498 g/mol. The van der Waals surface area contributed by atoms with E-state index in [0.717, 1.165) is 50.6 Å². The molecule has 1 heterocycles. The molecule has 1 aromatic rings. The molecule has 0 aromatic carbocycles. The number of unbranched alkanes of at least 4 members (excludes halogenated alkanes) is 1. The zero-order chi connectivity index (χ0) is 18.3. The average Bonchev–Trinajstić information content (AvgIpc) is 3.08. The van der Waals surface area contributed by atoms with Gasteiger partial charge in [0, 0.05) is 44.5 Å². The van der Waals surface area contributed by atoms with Gasteiger partial charge in [-0.3, -0.25) is 4.99 Å². The van der Waals surface area contributed by atoms with E-state index in [2.05, 4.69) is 46.8 Å². The summed E-state index contributed by atoms with van der Waals surface area (Å²) in [7, 11) is 1.78. The van der Waals surface area contributed by atoms with E-state index in [-0.39, 0.29) is 24.0 Å². The molecular formula is C18H35IN4O2S. The van der Waals surface area contributed by atoms with Gasteiger partial charge in [-0.2, -0.15) is 0 Å². The molecule has 0 spiro atoms. The molecule has 0 fully saturated rings. The zero-order valence-corrected chi connectivity index (χ0v) is 19.7. The van der Waals surface area contributed by atoms with Gasteiger partial charge in [0.1, 0.15) is 0 Å². The van der Waals surface area contributed by atoms with Gasteiger partial charge in [-0.05, 0) is 6.42 Å². The van der Waals surface area contributed by atoms with Crippen LogP contribution >= 0.6 is 35.3 Å². The molecule has 26 heavy (non-hydrogen) atoms. The highest BCUT2D eigenvalue weighted by Gasteiger charge is 2.05. The van der Waals surface area contributed by atoms with Crippen LogP contribution in [0.3, 0.4) is 0 Å². The number of rotatable bonds is 13. The third-order valence-electron chi connectivity index (χ3n) is 3.51. The predicted molar refractivity (Wildman–Crippen MR) is 121 cm³/mol. The van der Waals surface area contributed by atoms with E-state index in [9.17, 15) is 0 Å². The molecule has 2 N–H and O–H groups in total. The van der Waals surface area contributed by atoms with Gasteiger partial charge < -0.3 is 20.1 Å². The minimum atomic E-state index is 0. The molecule has 1 aromatic heterocycles. The highest BCUT2D eigenvalue weighted by molar-refractivity contribution is 14.0. The SMILES string of the molecule is CCCCOCCOCCNC(=NC)NCCc1csc(C(C)C)n1.I. The fraction of sp³-hybridized carbons (Fsp3) is 0.778. The molecule has 0 radical (unpaired) electrons. The van der Waals surface area contributed by atoms with Gasteiger partial charge in [0.15, 0.2) is 5.96 Å². The summed E-state index contributed by atoms with van der Waals surface area (Å²) in [5, 5.41) is 9.90. The Morgan fingerprint density at radius 2 is 1.85 bits per heavy atom. The molecule has 0 unspecified atom stereocenters. The minimum absolute atomic E-state index is 0. The van der Waals surface area contributed by atoms with Gasteiger partial charge in [-0.15, -0.1) is 35.3 Å².